The van der Waals surface area contributed by atoms with E-state index in [0.717, 1.165) is 49.4 Å². The number of aliphatic hydroxyl groups is 1. The quantitative estimate of drug-likeness (QED) is 0.786. The number of β-amino-alcohol motifs (C(OH)–C–C–N with tert-alkyl or cyclic N) is 1. The predicted molar refractivity (Wildman–Crippen MR) is 115 cm³/mol. The molecule has 30 heavy (non-hydrogen) atoms. The van der Waals surface area contributed by atoms with Gasteiger partial charge in [-0.3, -0.25) is 9.69 Å². The van der Waals surface area contributed by atoms with Crippen LogP contribution in [0.3, 0.4) is 0 Å². The van der Waals surface area contributed by atoms with E-state index in [4.69, 9.17) is 21.1 Å². The van der Waals surface area contributed by atoms with Crippen molar-refractivity contribution in [2.45, 2.75) is 69.4 Å². The molecule has 3 aliphatic rings. The van der Waals surface area contributed by atoms with E-state index in [1.165, 1.54) is 6.42 Å². The number of amides is 1. The van der Waals surface area contributed by atoms with Gasteiger partial charge in [0.1, 0.15) is 0 Å². The van der Waals surface area contributed by atoms with Gasteiger partial charge in [-0.25, -0.2) is 0 Å². The molecule has 0 saturated carbocycles. The minimum atomic E-state index is -0.525. The van der Waals surface area contributed by atoms with Gasteiger partial charge in [0, 0.05) is 37.2 Å². The Morgan fingerprint density at radius 3 is 2.80 bits per heavy atom. The van der Waals surface area contributed by atoms with Gasteiger partial charge in [0.05, 0.1) is 37.9 Å². The van der Waals surface area contributed by atoms with Crippen LogP contribution in [0.5, 0.6) is 0 Å². The first kappa shape index (κ1) is 22.0. The maximum absolute atomic E-state index is 12.7. The zero-order valence-corrected chi connectivity index (χ0v) is 18.3. The number of likely N-dealkylation sites (tertiary alicyclic amines) is 1. The van der Waals surface area contributed by atoms with Gasteiger partial charge < -0.3 is 19.5 Å². The van der Waals surface area contributed by atoms with Crippen LogP contribution in [0.15, 0.2) is 24.3 Å². The lowest BCUT2D eigenvalue weighted by Gasteiger charge is -2.44. The minimum absolute atomic E-state index is 0.0540. The van der Waals surface area contributed by atoms with Crippen molar-refractivity contribution >= 4 is 17.5 Å². The molecule has 0 spiro atoms. The molecule has 4 atom stereocenters. The summed E-state index contributed by atoms with van der Waals surface area (Å²) in [5.74, 6) is 0.219. The first-order valence-electron chi connectivity index (χ1n) is 11.3. The number of aliphatic hydroxyl groups excluding tert-OH is 1. The summed E-state index contributed by atoms with van der Waals surface area (Å²) in [7, 11) is 0. The molecule has 0 radical (unpaired) electrons. The maximum atomic E-state index is 12.7. The molecule has 7 heteroatoms. The van der Waals surface area contributed by atoms with Gasteiger partial charge in [-0.2, -0.15) is 0 Å². The average molecular weight is 437 g/mol. The first-order valence-corrected chi connectivity index (χ1v) is 11.6. The van der Waals surface area contributed by atoms with Crippen molar-refractivity contribution < 1.29 is 19.4 Å². The maximum Gasteiger partial charge on any atom is 0.225 e. The molecule has 4 rings (SSSR count). The van der Waals surface area contributed by atoms with E-state index in [1.54, 1.807) is 0 Å². The van der Waals surface area contributed by atoms with E-state index in [1.807, 2.05) is 23.1 Å². The summed E-state index contributed by atoms with van der Waals surface area (Å²) in [6, 6.07) is 8.02. The third-order valence-corrected chi connectivity index (χ3v) is 6.71. The van der Waals surface area contributed by atoms with E-state index in [2.05, 4.69) is 11.0 Å². The SMILES string of the molecule is O=C(C[C@H]1CC[C@H]2[C@@H](COC[C@@H](O)CN2Cc2cccc(Cl)c2)O1)N1CCCCC1. The van der Waals surface area contributed by atoms with Crippen LogP contribution in [0.1, 0.15) is 44.1 Å². The lowest BCUT2D eigenvalue weighted by atomic mass is 9.94. The topological polar surface area (TPSA) is 62.2 Å². The number of fused-ring (bicyclic) bond motifs is 1. The first-order chi connectivity index (χ1) is 14.6. The Balaban J connectivity index is 1.40. The Bertz CT molecular complexity index is 712. The second-order valence-electron chi connectivity index (χ2n) is 8.84. The van der Waals surface area contributed by atoms with Gasteiger partial charge in [-0.15, -0.1) is 0 Å². The number of carbonyl (C=O) groups is 1. The Hall–Kier alpha value is -1.18. The highest BCUT2D eigenvalue weighted by atomic mass is 35.5. The van der Waals surface area contributed by atoms with E-state index in [-0.39, 0.29) is 24.2 Å². The van der Waals surface area contributed by atoms with Crippen molar-refractivity contribution in [3.63, 3.8) is 0 Å². The van der Waals surface area contributed by atoms with Crippen LogP contribution in [-0.4, -0.2) is 78.0 Å². The van der Waals surface area contributed by atoms with E-state index >= 15 is 0 Å². The summed E-state index contributed by atoms with van der Waals surface area (Å²) in [6.07, 6.45) is 5.00. The number of rotatable bonds is 4. The molecule has 1 aromatic carbocycles. The fraction of sp³-hybridized carbons (Fsp3) is 0.696. The Morgan fingerprint density at radius 1 is 1.17 bits per heavy atom. The van der Waals surface area contributed by atoms with Crippen LogP contribution in [0, 0.1) is 0 Å². The van der Waals surface area contributed by atoms with Crippen molar-refractivity contribution in [1.82, 2.24) is 9.80 Å². The number of hydrogen-bond donors (Lipinski definition) is 1. The largest absolute Gasteiger partial charge is 0.389 e. The third kappa shape index (κ3) is 5.74. The molecule has 3 saturated heterocycles. The molecule has 166 valence electrons. The van der Waals surface area contributed by atoms with E-state index in [9.17, 15) is 9.90 Å². The second-order valence-corrected chi connectivity index (χ2v) is 9.27. The number of ether oxygens (including phenoxy) is 2. The zero-order valence-electron chi connectivity index (χ0n) is 17.5. The number of piperidine rings is 1. The Labute approximate surface area is 184 Å². The van der Waals surface area contributed by atoms with Gasteiger partial charge in [-0.05, 0) is 49.8 Å². The Kier molecular flexibility index (Phi) is 7.65. The molecule has 6 nitrogen and oxygen atoms in total. The number of halogens is 1. The van der Waals surface area contributed by atoms with Crippen LogP contribution in [0.25, 0.3) is 0 Å². The normalized spacial score (nSPS) is 30.9. The molecule has 3 aliphatic heterocycles. The van der Waals surface area contributed by atoms with E-state index < -0.39 is 6.10 Å². The molecule has 0 aliphatic carbocycles. The molecule has 1 N–H and O–H groups in total. The summed E-state index contributed by atoms with van der Waals surface area (Å²) in [4.78, 5) is 17.0. The summed E-state index contributed by atoms with van der Waals surface area (Å²) in [6.45, 7) is 3.75. The lowest BCUT2D eigenvalue weighted by Crippen LogP contribution is -2.55. The Morgan fingerprint density at radius 2 is 2.00 bits per heavy atom. The molecule has 1 amide bonds. The number of nitrogens with zero attached hydrogens (tertiary/aromatic N) is 2. The molecule has 0 unspecified atom stereocenters. The third-order valence-electron chi connectivity index (χ3n) is 6.47. The molecular weight excluding hydrogens is 404 g/mol. The van der Waals surface area contributed by atoms with Crippen molar-refractivity contribution in [2.24, 2.45) is 0 Å². The monoisotopic (exact) mass is 436 g/mol. The number of hydrogen-bond acceptors (Lipinski definition) is 5. The molecular formula is C23H33ClN2O4. The van der Waals surface area contributed by atoms with Crippen LogP contribution in [0.4, 0.5) is 0 Å². The molecule has 3 heterocycles. The average Bonchev–Trinajstić information content (AvgIpc) is 2.73. The van der Waals surface area contributed by atoms with Crippen LogP contribution in [-0.2, 0) is 20.8 Å². The van der Waals surface area contributed by atoms with Crippen molar-refractivity contribution in [3.05, 3.63) is 34.9 Å². The predicted octanol–water partition coefficient (Wildman–Crippen LogP) is 2.85. The highest BCUT2D eigenvalue weighted by Gasteiger charge is 2.38. The van der Waals surface area contributed by atoms with Gasteiger partial charge in [-0.1, -0.05) is 23.7 Å². The highest BCUT2D eigenvalue weighted by Crippen LogP contribution is 2.29. The summed E-state index contributed by atoms with van der Waals surface area (Å²) < 4.78 is 12.1. The fourth-order valence-corrected chi connectivity index (χ4v) is 5.18. The summed E-state index contributed by atoms with van der Waals surface area (Å²) in [5, 5.41) is 11.1. The van der Waals surface area contributed by atoms with Crippen molar-refractivity contribution in [1.29, 1.82) is 0 Å². The van der Waals surface area contributed by atoms with Crippen molar-refractivity contribution in [3.8, 4) is 0 Å². The number of benzene rings is 1. The van der Waals surface area contributed by atoms with Crippen LogP contribution < -0.4 is 0 Å². The molecule has 3 fully saturated rings. The summed E-state index contributed by atoms with van der Waals surface area (Å²) >= 11 is 6.17. The van der Waals surface area contributed by atoms with Gasteiger partial charge in [0.15, 0.2) is 0 Å². The standard InChI is InChI=1S/C23H33ClN2O4/c24-18-6-4-5-17(11-18)13-26-14-19(27)15-29-16-22-21(26)8-7-20(30-22)12-23(28)25-9-2-1-3-10-25/h4-6,11,19-22,27H,1-3,7-10,12-16H2/t19-,20+,21-,22+/m0/s1. The van der Waals surface area contributed by atoms with Gasteiger partial charge in [0.25, 0.3) is 0 Å². The lowest BCUT2D eigenvalue weighted by molar-refractivity contribution is -0.161. The molecule has 0 bridgehead atoms. The minimum Gasteiger partial charge on any atom is -0.389 e. The fourth-order valence-electron chi connectivity index (χ4n) is 4.96. The number of carbonyl (C=O) groups excluding carboxylic acids is 1. The zero-order chi connectivity index (χ0) is 20.9. The molecule has 1 aromatic rings. The second kappa shape index (κ2) is 10.4. The van der Waals surface area contributed by atoms with Crippen molar-refractivity contribution in [2.75, 3.05) is 32.8 Å². The molecule has 0 aromatic heterocycles. The highest BCUT2D eigenvalue weighted by molar-refractivity contribution is 6.30. The smallest absolute Gasteiger partial charge is 0.225 e. The van der Waals surface area contributed by atoms with Gasteiger partial charge in [0.2, 0.25) is 5.91 Å². The van der Waals surface area contributed by atoms with Crippen LogP contribution in [0.2, 0.25) is 5.02 Å². The van der Waals surface area contributed by atoms with Gasteiger partial charge >= 0.3 is 0 Å². The van der Waals surface area contributed by atoms with E-state index in [0.29, 0.717) is 32.7 Å². The summed E-state index contributed by atoms with van der Waals surface area (Å²) in [5.41, 5.74) is 1.12. The van der Waals surface area contributed by atoms with Crippen LogP contribution >= 0.6 is 11.6 Å².